The maximum Gasteiger partial charge on any atom is 0.0662 e. The fourth-order valence-electron chi connectivity index (χ4n) is 1.02. The fraction of sp³-hybridized carbons (Fsp3) is 0.571. The second-order valence-corrected chi connectivity index (χ2v) is 4.15. The molecule has 1 saturated carbocycles. The van der Waals surface area contributed by atoms with Crippen LogP contribution in [0.1, 0.15) is 36.8 Å². The zero-order chi connectivity index (χ0) is 13.1. The second kappa shape index (κ2) is 10.1. The zero-order valence-corrected chi connectivity index (χ0v) is 10.9. The first kappa shape index (κ1) is 15.9. The molecule has 3 heteroatoms. The van der Waals surface area contributed by atoms with Gasteiger partial charge in [0.2, 0.25) is 0 Å². The maximum absolute atomic E-state index is 7.62. The normalized spacial score (nSPS) is 12.5. The van der Waals surface area contributed by atoms with Crippen LogP contribution in [0.15, 0.2) is 18.2 Å². The summed E-state index contributed by atoms with van der Waals surface area (Å²) < 4.78 is 0. The van der Waals surface area contributed by atoms with E-state index in [1.54, 1.807) is 0 Å². The summed E-state index contributed by atoms with van der Waals surface area (Å²) in [5, 5.41) is 15.2. The lowest BCUT2D eigenvalue weighted by Crippen LogP contribution is -1.90. The van der Waals surface area contributed by atoms with E-state index in [-0.39, 0.29) is 13.2 Å². The summed E-state index contributed by atoms with van der Waals surface area (Å²) in [6, 6.07) is 5.95. The van der Waals surface area contributed by atoms with E-state index in [4.69, 9.17) is 15.9 Å². The van der Waals surface area contributed by atoms with Crippen LogP contribution in [-0.4, -0.2) is 23.4 Å². The lowest BCUT2D eigenvalue weighted by Gasteiger charge is -2.05. The molecule has 3 nitrogen and oxygen atoms in total. The fourth-order valence-corrected chi connectivity index (χ4v) is 1.02. The van der Waals surface area contributed by atoms with Gasteiger partial charge < -0.3 is 15.9 Å². The molecule has 1 aliphatic carbocycles. The molecule has 0 radical (unpaired) electrons. The molecule has 0 spiro atoms. The maximum atomic E-state index is 7.62. The number of nitrogens with two attached hydrogens (primary N) is 1. The first-order valence-electron chi connectivity index (χ1n) is 6.17. The van der Waals surface area contributed by atoms with Gasteiger partial charge in [-0.2, -0.15) is 0 Å². The average Bonchev–Trinajstić information content (AvgIpc) is 2.24. The van der Waals surface area contributed by atoms with Crippen molar-refractivity contribution in [3.8, 4) is 0 Å². The van der Waals surface area contributed by atoms with Gasteiger partial charge in [0.25, 0.3) is 0 Å². The van der Waals surface area contributed by atoms with Crippen LogP contribution in [0.5, 0.6) is 0 Å². The van der Waals surface area contributed by atoms with Gasteiger partial charge >= 0.3 is 0 Å². The number of hydrogen-bond donors (Lipinski definition) is 3. The van der Waals surface area contributed by atoms with Crippen molar-refractivity contribution in [2.75, 3.05) is 18.9 Å². The molecule has 0 heterocycles. The highest BCUT2D eigenvalue weighted by atomic mass is 16.3. The van der Waals surface area contributed by atoms with E-state index >= 15 is 0 Å². The Morgan fingerprint density at radius 3 is 1.71 bits per heavy atom. The van der Waals surface area contributed by atoms with Crippen LogP contribution in [0.25, 0.3) is 0 Å². The molecule has 1 fully saturated rings. The lowest BCUT2D eigenvalue weighted by atomic mass is 10.0. The Kier molecular flexibility index (Phi) is 9.49. The highest BCUT2D eigenvalue weighted by Gasteiger charge is 1.95. The third-order valence-electron chi connectivity index (χ3n) is 2.75. The number of aliphatic hydroxyl groups excluding tert-OH is 2. The topological polar surface area (TPSA) is 66.5 Å². The Morgan fingerprint density at radius 1 is 1.00 bits per heavy atom. The Hall–Kier alpha value is -1.06. The van der Waals surface area contributed by atoms with Gasteiger partial charge in [0.05, 0.1) is 13.2 Å². The van der Waals surface area contributed by atoms with Crippen LogP contribution in [-0.2, 0) is 0 Å². The number of anilines is 1. The van der Waals surface area contributed by atoms with Crippen molar-refractivity contribution >= 4 is 5.69 Å². The number of aryl methyl sites for hydroxylation is 1. The van der Waals surface area contributed by atoms with Crippen LogP contribution in [0.4, 0.5) is 5.69 Å². The van der Waals surface area contributed by atoms with Crippen LogP contribution in [0.2, 0.25) is 0 Å². The molecule has 17 heavy (non-hydrogen) atoms. The second-order valence-electron chi connectivity index (χ2n) is 4.15. The van der Waals surface area contributed by atoms with Crippen molar-refractivity contribution in [3.63, 3.8) is 0 Å². The predicted octanol–water partition coefficient (Wildman–Crippen LogP) is 2.42. The Balaban J connectivity index is 0.000000266. The summed E-state index contributed by atoms with van der Waals surface area (Å²) in [6.07, 6.45) is 6.00. The number of benzene rings is 1. The molecule has 98 valence electrons. The lowest BCUT2D eigenvalue weighted by molar-refractivity contribution is 0.186. The summed E-state index contributed by atoms with van der Waals surface area (Å²) in [5.41, 5.74) is 8.96. The summed E-state index contributed by atoms with van der Waals surface area (Å²) in [5.74, 6) is 0. The number of rotatable bonds is 1. The Morgan fingerprint density at radius 2 is 1.47 bits per heavy atom. The molecule has 0 unspecified atom stereocenters. The minimum absolute atomic E-state index is 0.125. The van der Waals surface area contributed by atoms with E-state index in [9.17, 15) is 0 Å². The smallest absolute Gasteiger partial charge is 0.0662 e. The van der Waals surface area contributed by atoms with Crippen molar-refractivity contribution < 1.29 is 10.2 Å². The molecule has 0 bridgehead atoms. The SMILES string of the molecule is C1CCC1.Cc1cccc(N)c1C.OCCO. The molecular weight excluding hydrogens is 214 g/mol. The van der Waals surface area contributed by atoms with Crippen LogP contribution in [0, 0.1) is 13.8 Å². The van der Waals surface area contributed by atoms with Crippen molar-refractivity contribution in [3.05, 3.63) is 29.3 Å². The molecule has 0 atom stereocenters. The van der Waals surface area contributed by atoms with Gasteiger partial charge in [-0.1, -0.05) is 37.8 Å². The first-order valence-corrected chi connectivity index (χ1v) is 6.17. The zero-order valence-electron chi connectivity index (χ0n) is 10.9. The van der Waals surface area contributed by atoms with Crippen molar-refractivity contribution in [1.82, 2.24) is 0 Å². The molecule has 1 aromatic rings. The number of hydrogen-bond acceptors (Lipinski definition) is 3. The van der Waals surface area contributed by atoms with E-state index in [0.717, 1.165) is 5.69 Å². The van der Waals surface area contributed by atoms with E-state index in [1.807, 2.05) is 19.1 Å². The standard InChI is InChI=1S/C8H11N.C4H8.C2H6O2/c1-6-4-3-5-8(9)7(6)2;1-2-4-3-1;3-1-2-4/h3-5H,9H2,1-2H3;1-4H2;3-4H,1-2H2. The highest BCUT2D eigenvalue weighted by Crippen LogP contribution is 2.15. The minimum atomic E-state index is -0.125. The number of aliphatic hydroxyl groups is 2. The van der Waals surface area contributed by atoms with Crippen molar-refractivity contribution in [2.45, 2.75) is 39.5 Å². The minimum Gasteiger partial charge on any atom is -0.399 e. The first-order chi connectivity index (χ1) is 8.13. The van der Waals surface area contributed by atoms with Crippen molar-refractivity contribution in [1.29, 1.82) is 0 Å². The number of nitrogen functional groups attached to an aromatic ring is 1. The largest absolute Gasteiger partial charge is 0.399 e. The molecule has 0 saturated heterocycles. The molecule has 1 aliphatic rings. The third-order valence-corrected chi connectivity index (χ3v) is 2.75. The summed E-state index contributed by atoms with van der Waals surface area (Å²) in [4.78, 5) is 0. The molecule has 0 aliphatic heterocycles. The van der Waals surface area contributed by atoms with Crippen molar-refractivity contribution in [2.24, 2.45) is 0 Å². The molecule has 2 rings (SSSR count). The van der Waals surface area contributed by atoms with E-state index in [0.29, 0.717) is 0 Å². The van der Waals surface area contributed by atoms with Crippen LogP contribution >= 0.6 is 0 Å². The Labute approximate surface area is 104 Å². The monoisotopic (exact) mass is 239 g/mol. The van der Waals surface area contributed by atoms with Gasteiger partial charge in [0, 0.05) is 5.69 Å². The quantitative estimate of drug-likeness (QED) is 0.659. The third kappa shape index (κ3) is 7.77. The molecular formula is C14H25NO2. The summed E-state index contributed by atoms with van der Waals surface area (Å²) in [7, 11) is 0. The van der Waals surface area contributed by atoms with E-state index in [2.05, 4.69) is 13.0 Å². The molecule has 0 aromatic heterocycles. The van der Waals surface area contributed by atoms with Gasteiger partial charge in [-0.15, -0.1) is 0 Å². The summed E-state index contributed by atoms with van der Waals surface area (Å²) >= 11 is 0. The predicted molar refractivity (Wildman–Crippen MR) is 73.0 cm³/mol. The Bertz CT molecular complexity index is 270. The van der Waals surface area contributed by atoms with E-state index < -0.39 is 0 Å². The average molecular weight is 239 g/mol. The van der Waals surface area contributed by atoms with Gasteiger partial charge in [-0.05, 0) is 31.0 Å². The molecule has 1 aromatic carbocycles. The van der Waals surface area contributed by atoms with Crippen LogP contribution in [0.3, 0.4) is 0 Å². The highest BCUT2D eigenvalue weighted by molar-refractivity contribution is 5.49. The van der Waals surface area contributed by atoms with Gasteiger partial charge in [-0.3, -0.25) is 0 Å². The van der Waals surface area contributed by atoms with Gasteiger partial charge in [0.15, 0.2) is 0 Å². The molecule has 0 amide bonds. The van der Waals surface area contributed by atoms with E-state index in [1.165, 1.54) is 36.8 Å². The molecule has 4 N–H and O–H groups in total. The summed E-state index contributed by atoms with van der Waals surface area (Å²) in [6.45, 7) is 3.84. The van der Waals surface area contributed by atoms with Crippen LogP contribution < -0.4 is 5.73 Å². The van der Waals surface area contributed by atoms with Gasteiger partial charge in [0.1, 0.15) is 0 Å². The van der Waals surface area contributed by atoms with Gasteiger partial charge in [-0.25, -0.2) is 0 Å².